The first-order chi connectivity index (χ1) is 12.4. The van der Waals surface area contributed by atoms with Gasteiger partial charge < -0.3 is 24.9 Å². The van der Waals surface area contributed by atoms with E-state index in [4.69, 9.17) is 14.7 Å². The van der Waals surface area contributed by atoms with Crippen LogP contribution in [0.25, 0.3) is 0 Å². The van der Waals surface area contributed by atoms with Crippen LogP contribution in [-0.4, -0.2) is 53.9 Å². The van der Waals surface area contributed by atoms with Crippen molar-refractivity contribution >= 4 is 19.1 Å². The van der Waals surface area contributed by atoms with Crippen LogP contribution in [0.3, 0.4) is 0 Å². The largest absolute Gasteiger partial charge is 0.635 e. The smallest absolute Gasteiger partial charge is 0.402 e. The number of rotatable bonds is 8. The summed E-state index contributed by atoms with van der Waals surface area (Å²) in [5.74, 6) is -1.16. The van der Waals surface area contributed by atoms with Gasteiger partial charge >= 0.3 is 13.5 Å². The summed E-state index contributed by atoms with van der Waals surface area (Å²) in [5, 5.41) is 20.3. The van der Waals surface area contributed by atoms with E-state index in [2.05, 4.69) is 11.9 Å². The van der Waals surface area contributed by atoms with Gasteiger partial charge in [-0.05, 0) is 36.3 Å². The first-order valence-corrected chi connectivity index (χ1v) is 7.79. The fourth-order valence-electron chi connectivity index (χ4n) is 2.26. The monoisotopic (exact) mass is 388 g/mol. The third kappa shape index (κ3) is 7.41. The van der Waals surface area contributed by atoms with Gasteiger partial charge in [0, 0.05) is 13.5 Å². The number of carbonyl (C=O) groups is 2. The molecule has 0 fully saturated rings. The van der Waals surface area contributed by atoms with Crippen molar-refractivity contribution in [1.29, 1.82) is 0 Å². The van der Waals surface area contributed by atoms with Crippen molar-refractivity contribution in [3.05, 3.63) is 47.5 Å². The maximum atomic E-state index is 12.7. The molecule has 0 saturated carbocycles. The van der Waals surface area contributed by atoms with Crippen LogP contribution >= 0.6 is 0 Å². The molecule has 1 aromatic carbocycles. The zero-order valence-corrected chi connectivity index (χ0v) is 14.8. The lowest BCUT2D eigenvalue weighted by atomic mass is 10.0. The van der Waals surface area contributed by atoms with Gasteiger partial charge in [0.2, 0.25) is 11.8 Å². The predicted molar refractivity (Wildman–Crippen MR) is 90.9 cm³/mol. The first-order valence-electron chi connectivity index (χ1n) is 7.79. The number of hydrogen-bond donors (Lipinski definition) is 3. The Morgan fingerprint density at radius 1 is 1.41 bits per heavy atom. The second kappa shape index (κ2) is 9.54. The fraction of sp³-hybridized carbons (Fsp3) is 0.375. The molecular weight excluding hydrogens is 368 g/mol. The second-order valence-electron chi connectivity index (χ2n) is 5.76. The minimum absolute atomic E-state index is 0.119. The SMILES string of the molecule is C=CC(=O)N(C)CC(=O)N[C@@H](Cc1ccc(C(F)(F)F)cc1C)OB(O)O. The van der Waals surface area contributed by atoms with Crippen LogP contribution in [0.1, 0.15) is 16.7 Å². The normalized spacial score (nSPS) is 12.3. The first kappa shape index (κ1) is 22.7. The zero-order chi connectivity index (χ0) is 20.8. The van der Waals surface area contributed by atoms with Crippen molar-refractivity contribution in [3.8, 4) is 0 Å². The minimum atomic E-state index is -4.49. The molecule has 0 aromatic heterocycles. The molecule has 1 atom stereocenters. The van der Waals surface area contributed by atoms with Crippen molar-refractivity contribution in [2.24, 2.45) is 0 Å². The molecule has 1 rings (SSSR count). The fourth-order valence-corrected chi connectivity index (χ4v) is 2.26. The molecular formula is C16H20BF3N2O5. The zero-order valence-electron chi connectivity index (χ0n) is 14.8. The van der Waals surface area contributed by atoms with E-state index in [0.717, 1.165) is 23.1 Å². The van der Waals surface area contributed by atoms with Crippen molar-refractivity contribution < 1.29 is 37.5 Å². The van der Waals surface area contributed by atoms with Crippen LogP contribution in [0, 0.1) is 6.92 Å². The topological polar surface area (TPSA) is 99.1 Å². The summed E-state index contributed by atoms with van der Waals surface area (Å²) >= 11 is 0. The maximum Gasteiger partial charge on any atom is 0.635 e. The van der Waals surface area contributed by atoms with E-state index < -0.39 is 37.1 Å². The number of alkyl halides is 3. The molecule has 7 nitrogen and oxygen atoms in total. The van der Waals surface area contributed by atoms with Gasteiger partial charge in [-0.1, -0.05) is 12.6 Å². The van der Waals surface area contributed by atoms with Gasteiger partial charge in [-0.3, -0.25) is 9.59 Å². The van der Waals surface area contributed by atoms with E-state index >= 15 is 0 Å². The molecule has 148 valence electrons. The number of aryl methyl sites for hydroxylation is 1. The molecule has 0 aliphatic heterocycles. The Balaban J connectivity index is 2.87. The Labute approximate surface area is 154 Å². The summed E-state index contributed by atoms with van der Waals surface area (Å²) in [6.45, 7) is 4.39. The summed E-state index contributed by atoms with van der Waals surface area (Å²) in [5.41, 5.74) is -0.125. The summed E-state index contributed by atoms with van der Waals surface area (Å²) in [4.78, 5) is 24.4. The van der Waals surface area contributed by atoms with E-state index in [9.17, 15) is 22.8 Å². The van der Waals surface area contributed by atoms with Gasteiger partial charge in [0.1, 0.15) is 6.23 Å². The highest BCUT2D eigenvalue weighted by molar-refractivity contribution is 6.32. The van der Waals surface area contributed by atoms with Gasteiger partial charge in [0.25, 0.3) is 0 Å². The number of benzene rings is 1. The summed E-state index contributed by atoms with van der Waals surface area (Å²) in [6, 6.07) is 3.05. The van der Waals surface area contributed by atoms with Gasteiger partial charge in [0.05, 0.1) is 12.1 Å². The molecule has 1 aromatic rings. The molecule has 2 amide bonds. The summed E-state index contributed by atoms with van der Waals surface area (Å²) < 4.78 is 43.0. The number of nitrogens with one attached hydrogen (secondary N) is 1. The van der Waals surface area contributed by atoms with Crippen LogP contribution in [-0.2, 0) is 26.8 Å². The Hall–Kier alpha value is -2.37. The standard InChI is InChI=1S/C16H20BF3N2O5/c1-4-15(24)22(3)9-13(23)21-14(27-17(25)26)8-11-5-6-12(7-10(11)2)16(18,19)20/h4-7,14,25-26H,1,8-9H2,2-3H3,(H,21,23)/t14-/m1/s1. The van der Waals surface area contributed by atoms with Gasteiger partial charge in [-0.15, -0.1) is 0 Å². The van der Waals surface area contributed by atoms with Crippen LogP contribution in [0.4, 0.5) is 13.2 Å². The molecule has 0 radical (unpaired) electrons. The van der Waals surface area contributed by atoms with E-state index in [0.29, 0.717) is 11.1 Å². The summed E-state index contributed by atoms with van der Waals surface area (Å²) in [6.07, 6.45) is -4.83. The average molecular weight is 388 g/mol. The Morgan fingerprint density at radius 3 is 2.52 bits per heavy atom. The molecule has 3 N–H and O–H groups in total. The number of nitrogens with zero attached hydrogens (tertiary/aromatic N) is 1. The molecule has 0 saturated heterocycles. The van der Waals surface area contributed by atoms with Gasteiger partial charge in [0.15, 0.2) is 0 Å². The van der Waals surface area contributed by atoms with Gasteiger partial charge in [-0.2, -0.15) is 13.2 Å². The molecule has 0 heterocycles. The summed E-state index contributed by atoms with van der Waals surface area (Å²) in [7, 11) is -0.849. The molecule has 0 spiro atoms. The van der Waals surface area contributed by atoms with Crippen molar-refractivity contribution in [3.63, 3.8) is 0 Å². The van der Waals surface area contributed by atoms with E-state index in [1.165, 1.54) is 20.0 Å². The van der Waals surface area contributed by atoms with E-state index in [-0.39, 0.29) is 13.0 Å². The Morgan fingerprint density at radius 2 is 2.04 bits per heavy atom. The average Bonchev–Trinajstić information content (AvgIpc) is 2.53. The Bertz CT molecular complexity index is 697. The van der Waals surface area contributed by atoms with Crippen LogP contribution < -0.4 is 5.32 Å². The van der Waals surface area contributed by atoms with Crippen molar-refractivity contribution in [1.82, 2.24) is 10.2 Å². The van der Waals surface area contributed by atoms with E-state index in [1.807, 2.05) is 0 Å². The number of hydrogen-bond acceptors (Lipinski definition) is 5. The highest BCUT2D eigenvalue weighted by Crippen LogP contribution is 2.30. The minimum Gasteiger partial charge on any atom is -0.402 e. The lowest BCUT2D eigenvalue weighted by molar-refractivity contribution is -0.137. The van der Waals surface area contributed by atoms with Gasteiger partial charge in [-0.25, -0.2) is 0 Å². The predicted octanol–water partition coefficient (Wildman–Crippen LogP) is 0.629. The van der Waals surface area contributed by atoms with Crippen LogP contribution in [0.2, 0.25) is 0 Å². The molecule has 11 heteroatoms. The van der Waals surface area contributed by atoms with Crippen LogP contribution in [0.5, 0.6) is 0 Å². The maximum absolute atomic E-state index is 12.7. The molecule has 0 aliphatic rings. The third-order valence-corrected chi connectivity index (χ3v) is 3.61. The molecule has 27 heavy (non-hydrogen) atoms. The number of likely N-dealkylation sites (N-methyl/N-ethyl adjacent to an activating group) is 1. The highest BCUT2D eigenvalue weighted by Gasteiger charge is 2.31. The second-order valence-corrected chi connectivity index (χ2v) is 5.76. The molecule has 0 unspecified atom stereocenters. The quantitative estimate of drug-likeness (QED) is 0.345. The highest BCUT2D eigenvalue weighted by atomic mass is 19.4. The molecule has 0 aliphatic carbocycles. The number of amides is 2. The number of carbonyl (C=O) groups excluding carboxylic acids is 2. The third-order valence-electron chi connectivity index (χ3n) is 3.61. The van der Waals surface area contributed by atoms with Crippen molar-refractivity contribution in [2.75, 3.05) is 13.6 Å². The molecule has 0 bridgehead atoms. The lowest BCUT2D eigenvalue weighted by Gasteiger charge is -2.22. The lowest BCUT2D eigenvalue weighted by Crippen LogP contribution is -2.46. The van der Waals surface area contributed by atoms with Crippen molar-refractivity contribution in [2.45, 2.75) is 25.7 Å². The Kier molecular flexibility index (Phi) is 8.01. The van der Waals surface area contributed by atoms with Crippen LogP contribution in [0.15, 0.2) is 30.9 Å². The van der Waals surface area contributed by atoms with E-state index in [1.54, 1.807) is 0 Å². The number of halogens is 3.